The molecule has 1 aromatic rings. The lowest BCUT2D eigenvalue weighted by Gasteiger charge is -2.11. The Balaban J connectivity index is 1.82. The molecule has 0 aliphatic heterocycles. The van der Waals surface area contributed by atoms with Crippen molar-refractivity contribution >= 4 is 11.6 Å². The Hall–Kier alpha value is -1.42. The highest BCUT2D eigenvalue weighted by atomic mass is 19.1. The van der Waals surface area contributed by atoms with Gasteiger partial charge in [0, 0.05) is 11.2 Å². The molecule has 0 radical (unpaired) electrons. The van der Waals surface area contributed by atoms with Crippen LogP contribution in [0.2, 0.25) is 0 Å². The van der Waals surface area contributed by atoms with Gasteiger partial charge in [-0.1, -0.05) is 6.07 Å². The average Bonchev–Trinajstić information content (AvgIpc) is 2.95. The van der Waals surface area contributed by atoms with Crippen LogP contribution in [0.1, 0.15) is 19.8 Å². The van der Waals surface area contributed by atoms with E-state index in [-0.39, 0.29) is 23.8 Å². The second-order valence-corrected chi connectivity index (χ2v) is 4.47. The molecule has 1 aliphatic rings. The Bertz CT molecular complexity index is 402. The first-order valence-corrected chi connectivity index (χ1v) is 5.38. The number of carbonyl (C=O) groups is 1. The molecule has 3 nitrogen and oxygen atoms in total. The van der Waals surface area contributed by atoms with Crippen LogP contribution < -0.4 is 10.6 Å². The molecule has 0 aromatic heterocycles. The van der Waals surface area contributed by atoms with E-state index in [1.165, 1.54) is 12.1 Å². The number of rotatable bonds is 4. The number of hydrogen-bond donors (Lipinski definition) is 2. The number of benzene rings is 1. The zero-order chi connectivity index (χ0) is 11.6. The molecule has 1 saturated carbocycles. The quantitative estimate of drug-likeness (QED) is 0.817. The van der Waals surface area contributed by atoms with Crippen LogP contribution in [0.25, 0.3) is 0 Å². The van der Waals surface area contributed by atoms with Gasteiger partial charge in [0.15, 0.2) is 0 Å². The van der Waals surface area contributed by atoms with Crippen molar-refractivity contribution in [3.05, 3.63) is 30.1 Å². The van der Waals surface area contributed by atoms with Crippen LogP contribution >= 0.6 is 0 Å². The van der Waals surface area contributed by atoms with E-state index in [4.69, 9.17) is 0 Å². The van der Waals surface area contributed by atoms with Gasteiger partial charge in [0.05, 0.1) is 6.54 Å². The molecule has 0 atom stereocenters. The molecule has 16 heavy (non-hydrogen) atoms. The van der Waals surface area contributed by atoms with E-state index >= 15 is 0 Å². The molecule has 0 spiro atoms. The summed E-state index contributed by atoms with van der Waals surface area (Å²) in [7, 11) is 0. The third kappa shape index (κ3) is 3.03. The first-order chi connectivity index (χ1) is 7.57. The van der Waals surface area contributed by atoms with Gasteiger partial charge in [-0.15, -0.1) is 0 Å². The summed E-state index contributed by atoms with van der Waals surface area (Å²) in [6, 6.07) is 5.89. The fraction of sp³-hybridized carbons (Fsp3) is 0.417. The summed E-state index contributed by atoms with van der Waals surface area (Å²) >= 11 is 0. The molecule has 2 rings (SSSR count). The van der Waals surface area contributed by atoms with E-state index in [1.807, 2.05) is 0 Å². The highest BCUT2D eigenvalue weighted by Crippen LogP contribution is 2.33. The third-order valence-corrected chi connectivity index (χ3v) is 2.78. The molecule has 0 bridgehead atoms. The number of halogens is 1. The molecule has 0 unspecified atom stereocenters. The van der Waals surface area contributed by atoms with Crippen LogP contribution in [0, 0.1) is 5.82 Å². The third-order valence-electron chi connectivity index (χ3n) is 2.78. The first kappa shape index (κ1) is 11.1. The van der Waals surface area contributed by atoms with Crippen molar-refractivity contribution in [2.24, 2.45) is 0 Å². The Kier molecular flexibility index (Phi) is 2.92. The van der Waals surface area contributed by atoms with Gasteiger partial charge in [0.1, 0.15) is 5.82 Å². The summed E-state index contributed by atoms with van der Waals surface area (Å²) in [6.07, 6.45) is 2.22. The number of nitrogens with one attached hydrogen (secondary N) is 2. The average molecular weight is 222 g/mol. The van der Waals surface area contributed by atoms with E-state index in [1.54, 1.807) is 12.1 Å². The minimum atomic E-state index is -0.347. The molecule has 4 heteroatoms. The minimum absolute atomic E-state index is 0.138. The molecule has 0 saturated heterocycles. The number of amides is 1. The molecular formula is C12H15FN2O. The maximum atomic E-state index is 12.8. The topological polar surface area (TPSA) is 41.1 Å². The lowest BCUT2D eigenvalue weighted by atomic mass is 10.3. The van der Waals surface area contributed by atoms with Crippen LogP contribution in [-0.2, 0) is 4.79 Å². The maximum absolute atomic E-state index is 12.8. The highest BCUT2D eigenvalue weighted by molar-refractivity contribution is 5.92. The Labute approximate surface area is 94.0 Å². The first-order valence-electron chi connectivity index (χ1n) is 5.38. The molecule has 0 heterocycles. The van der Waals surface area contributed by atoms with Gasteiger partial charge < -0.3 is 10.6 Å². The van der Waals surface area contributed by atoms with Gasteiger partial charge in [-0.3, -0.25) is 4.79 Å². The normalized spacial score (nSPS) is 16.9. The predicted octanol–water partition coefficient (Wildman–Crippen LogP) is 1.91. The second-order valence-electron chi connectivity index (χ2n) is 4.47. The summed E-state index contributed by atoms with van der Waals surface area (Å²) in [5, 5.41) is 5.80. The monoisotopic (exact) mass is 222 g/mol. The Morgan fingerprint density at radius 2 is 2.25 bits per heavy atom. The summed E-state index contributed by atoms with van der Waals surface area (Å²) in [6.45, 7) is 2.36. The van der Waals surface area contributed by atoms with Gasteiger partial charge in [-0.2, -0.15) is 0 Å². The molecule has 2 N–H and O–H groups in total. The van der Waals surface area contributed by atoms with Gasteiger partial charge in [-0.05, 0) is 38.0 Å². The van der Waals surface area contributed by atoms with Crippen molar-refractivity contribution in [3.63, 3.8) is 0 Å². The van der Waals surface area contributed by atoms with Crippen molar-refractivity contribution < 1.29 is 9.18 Å². The van der Waals surface area contributed by atoms with Crippen LogP contribution in [0.15, 0.2) is 24.3 Å². The maximum Gasteiger partial charge on any atom is 0.238 e. The van der Waals surface area contributed by atoms with Crippen molar-refractivity contribution in [1.29, 1.82) is 0 Å². The van der Waals surface area contributed by atoms with Crippen molar-refractivity contribution in [3.8, 4) is 0 Å². The standard InChI is InChI=1S/C12H15FN2O/c1-12(5-6-12)14-8-11(16)15-10-4-2-3-9(13)7-10/h2-4,7,14H,5-6,8H2,1H3,(H,15,16). The van der Waals surface area contributed by atoms with E-state index < -0.39 is 0 Å². The van der Waals surface area contributed by atoms with Gasteiger partial charge in [0.2, 0.25) is 5.91 Å². The lowest BCUT2D eigenvalue weighted by Crippen LogP contribution is -2.35. The molecule has 1 aromatic carbocycles. The van der Waals surface area contributed by atoms with Crippen molar-refractivity contribution in [1.82, 2.24) is 5.32 Å². The van der Waals surface area contributed by atoms with Crippen LogP contribution in [0.5, 0.6) is 0 Å². The highest BCUT2D eigenvalue weighted by Gasteiger charge is 2.36. The fourth-order valence-electron chi connectivity index (χ4n) is 1.43. The SMILES string of the molecule is CC1(NCC(=O)Nc2cccc(F)c2)CC1. The van der Waals surface area contributed by atoms with E-state index in [0.717, 1.165) is 12.8 Å². The number of anilines is 1. The van der Waals surface area contributed by atoms with Gasteiger partial charge in [-0.25, -0.2) is 4.39 Å². The van der Waals surface area contributed by atoms with Crippen molar-refractivity contribution in [2.75, 3.05) is 11.9 Å². The van der Waals surface area contributed by atoms with Crippen LogP contribution in [-0.4, -0.2) is 18.0 Å². The molecule has 1 fully saturated rings. The van der Waals surface area contributed by atoms with Crippen LogP contribution in [0.4, 0.5) is 10.1 Å². The van der Waals surface area contributed by atoms with Crippen molar-refractivity contribution in [2.45, 2.75) is 25.3 Å². The Morgan fingerprint density at radius 1 is 1.50 bits per heavy atom. The largest absolute Gasteiger partial charge is 0.325 e. The van der Waals surface area contributed by atoms with Crippen LogP contribution in [0.3, 0.4) is 0 Å². The van der Waals surface area contributed by atoms with Gasteiger partial charge >= 0.3 is 0 Å². The minimum Gasteiger partial charge on any atom is -0.325 e. The zero-order valence-corrected chi connectivity index (χ0v) is 9.22. The fourth-order valence-corrected chi connectivity index (χ4v) is 1.43. The summed E-state index contributed by atoms with van der Waals surface area (Å²) in [5.74, 6) is -0.487. The molecule has 86 valence electrons. The van der Waals surface area contributed by atoms with E-state index in [2.05, 4.69) is 17.6 Å². The number of carbonyl (C=O) groups excluding carboxylic acids is 1. The van der Waals surface area contributed by atoms with Gasteiger partial charge in [0.25, 0.3) is 0 Å². The summed E-state index contributed by atoms with van der Waals surface area (Å²) < 4.78 is 12.8. The summed E-state index contributed by atoms with van der Waals surface area (Å²) in [5.41, 5.74) is 0.631. The predicted molar refractivity (Wildman–Crippen MR) is 60.7 cm³/mol. The van der Waals surface area contributed by atoms with E-state index in [9.17, 15) is 9.18 Å². The zero-order valence-electron chi connectivity index (χ0n) is 9.22. The lowest BCUT2D eigenvalue weighted by molar-refractivity contribution is -0.115. The van der Waals surface area contributed by atoms with E-state index in [0.29, 0.717) is 5.69 Å². The smallest absolute Gasteiger partial charge is 0.238 e. The molecule has 1 aliphatic carbocycles. The summed E-state index contributed by atoms with van der Waals surface area (Å²) in [4.78, 5) is 11.5. The second kappa shape index (κ2) is 4.22. The molecule has 1 amide bonds. The molecular weight excluding hydrogens is 207 g/mol. The number of hydrogen-bond acceptors (Lipinski definition) is 2. The Morgan fingerprint density at radius 3 is 2.88 bits per heavy atom.